The Morgan fingerprint density at radius 2 is 2.00 bits per heavy atom. The molecule has 2 N–H and O–H groups in total. The minimum absolute atomic E-state index is 0.00969. The Bertz CT molecular complexity index is 736. The first-order valence-electron chi connectivity index (χ1n) is 6.57. The van der Waals surface area contributed by atoms with Crippen LogP contribution >= 0.6 is 15.9 Å². The molecule has 8 heteroatoms. The maximum Gasteiger partial charge on any atom is 0.338 e. The van der Waals surface area contributed by atoms with Gasteiger partial charge in [-0.1, -0.05) is 22.0 Å². The number of nitro benzene ring substituents is 1. The average molecular weight is 381 g/mol. The summed E-state index contributed by atoms with van der Waals surface area (Å²) in [5, 5.41) is 10.8. The van der Waals surface area contributed by atoms with Crippen molar-refractivity contribution in [3.8, 4) is 5.75 Å². The number of ether oxygens (including phenoxy) is 2. The summed E-state index contributed by atoms with van der Waals surface area (Å²) in [6.45, 7) is 0.183. The lowest BCUT2D eigenvalue weighted by Crippen LogP contribution is -2.12. The third-order valence-electron chi connectivity index (χ3n) is 2.84. The number of nitrogens with two attached hydrogens (primary N) is 1. The minimum Gasteiger partial charge on any atom is -0.490 e. The van der Waals surface area contributed by atoms with Gasteiger partial charge in [0.05, 0.1) is 10.5 Å². The van der Waals surface area contributed by atoms with Crippen LogP contribution in [0.25, 0.3) is 0 Å². The van der Waals surface area contributed by atoms with Crippen molar-refractivity contribution in [1.82, 2.24) is 0 Å². The number of hydrogen-bond donors (Lipinski definition) is 1. The van der Waals surface area contributed by atoms with Crippen molar-refractivity contribution in [3.63, 3.8) is 0 Å². The Hall–Kier alpha value is -2.61. The van der Waals surface area contributed by atoms with Crippen LogP contribution in [-0.2, 0) is 4.74 Å². The van der Waals surface area contributed by atoms with Crippen LogP contribution in [-0.4, -0.2) is 24.1 Å². The van der Waals surface area contributed by atoms with Crippen LogP contribution in [0.2, 0.25) is 0 Å². The van der Waals surface area contributed by atoms with Gasteiger partial charge in [0.25, 0.3) is 5.69 Å². The van der Waals surface area contributed by atoms with Crippen LogP contribution in [0.4, 0.5) is 11.4 Å². The number of benzene rings is 2. The third-order valence-corrected chi connectivity index (χ3v) is 3.34. The van der Waals surface area contributed by atoms with Gasteiger partial charge in [0.1, 0.15) is 24.7 Å². The van der Waals surface area contributed by atoms with Gasteiger partial charge in [-0.25, -0.2) is 4.79 Å². The summed E-state index contributed by atoms with van der Waals surface area (Å²) >= 11 is 3.32. The Morgan fingerprint density at radius 3 is 2.70 bits per heavy atom. The van der Waals surface area contributed by atoms with Crippen molar-refractivity contribution in [2.75, 3.05) is 18.9 Å². The predicted molar refractivity (Wildman–Crippen MR) is 87.4 cm³/mol. The molecule has 7 nitrogen and oxygen atoms in total. The molecule has 0 saturated carbocycles. The molecular formula is C15H13BrN2O5. The van der Waals surface area contributed by atoms with Crippen LogP contribution in [0.3, 0.4) is 0 Å². The second-order valence-corrected chi connectivity index (χ2v) is 5.39. The number of anilines is 1. The number of nitrogen functional groups attached to an aromatic ring is 1. The molecule has 0 aliphatic rings. The third kappa shape index (κ3) is 4.68. The molecule has 23 heavy (non-hydrogen) atoms. The van der Waals surface area contributed by atoms with Gasteiger partial charge >= 0.3 is 5.97 Å². The molecule has 0 heterocycles. The molecule has 2 aromatic carbocycles. The Kier molecular flexibility index (Phi) is 5.53. The van der Waals surface area contributed by atoms with E-state index in [0.29, 0.717) is 5.75 Å². The van der Waals surface area contributed by atoms with Crippen molar-refractivity contribution in [1.29, 1.82) is 0 Å². The highest BCUT2D eigenvalue weighted by atomic mass is 79.9. The van der Waals surface area contributed by atoms with Crippen LogP contribution in [0.1, 0.15) is 10.4 Å². The van der Waals surface area contributed by atoms with Gasteiger partial charge in [0, 0.05) is 10.5 Å². The van der Waals surface area contributed by atoms with E-state index in [4.69, 9.17) is 15.2 Å². The molecule has 0 spiro atoms. The van der Waals surface area contributed by atoms with Crippen molar-refractivity contribution in [2.45, 2.75) is 0 Å². The lowest BCUT2D eigenvalue weighted by molar-refractivity contribution is -0.383. The fourth-order valence-corrected chi connectivity index (χ4v) is 2.14. The predicted octanol–water partition coefficient (Wildman–Crippen LogP) is 3.18. The molecule has 0 aliphatic heterocycles. The van der Waals surface area contributed by atoms with Crippen LogP contribution in [0, 0.1) is 10.1 Å². The molecule has 2 aromatic rings. The van der Waals surface area contributed by atoms with Gasteiger partial charge in [0.15, 0.2) is 0 Å². The van der Waals surface area contributed by atoms with E-state index in [9.17, 15) is 14.9 Å². The smallest absolute Gasteiger partial charge is 0.338 e. The minimum atomic E-state index is -0.675. The SMILES string of the molecule is Nc1ccc(C(=O)OCCOc2cccc(Br)c2)cc1[N+](=O)[O-]. The summed E-state index contributed by atoms with van der Waals surface area (Å²) in [5.41, 5.74) is 5.20. The second kappa shape index (κ2) is 7.59. The van der Waals surface area contributed by atoms with Gasteiger partial charge in [-0.15, -0.1) is 0 Å². The van der Waals surface area contributed by atoms with Crippen molar-refractivity contribution in [3.05, 3.63) is 62.6 Å². The Balaban J connectivity index is 1.88. The summed E-state index contributed by atoms with van der Waals surface area (Å²) < 4.78 is 11.3. The number of rotatable bonds is 6. The number of carbonyl (C=O) groups is 1. The molecule has 0 radical (unpaired) electrons. The fraction of sp³-hybridized carbons (Fsp3) is 0.133. The van der Waals surface area contributed by atoms with E-state index >= 15 is 0 Å². The van der Waals surface area contributed by atoms with E-state index in [0.717, 1.165) is 10.5 Å². The van der Waals surface area contributed by atoms with E-state index in [1.165, 1.54) is 12.1 Å². The first-order chi connectivity index (χ1) is 11.0. The maximum absolute atomic E-state index is 11.8. The largest absolute Gasteiger partial charge is 0.490 e. The molecule has 0 amide bonds. The topological polar surface area (TPSA) is 105 Å². The zero-order valence-electron chi connectivity index (χ0n) is 11.9. The van der Waals surface area contributed by atoms with Gasteiger partial charge in [-0.05, 0) is 30.3 Å². The maximum atomic E-state index is 11.8. The van der Waals surface area contributed by atoms with Gasteiger partial charge in [0.2, 0.25) is 0 Å². The number of esters is 1. The average Bonchev–Trinajstić information content (AvgIpc) is 2.51. The highest BCUT2D eigenvalue weighted by molar-refractivity contribution is 9.10. The molecule has 0 atom stereocenters. The molecule has 0 fully saturated rings. The molecular weight excluding hydrogens is 368 g/mol. The molecule has 0 aliphatic carbocycles. The molecule has 0 aromatic heterocycles. The second-order valence-electron chi connectivity index (χ2n) is 4.47. The molecule has 0 bridgehead atoms. The Labute approximate surface area is 140 Å². The molecule has 120 valence electrons. The van der Waals surface area contributed by atoms with Crippen molar-refractivity contribution < 1.29 is 19.2 Å². The molecule has 0 unspecified atom stereocenters. The van der Waals surface area contributed by atoms with Crippen LogP contribution in [0.5, 0.6) is 5.75 Å². The van der Waals surface area contributed by atoms with E-state index in [-0.39, 0.29) is 30.2 Å². The Morgan fingerprint density at radius 1 is 1.22 bits per heavy atom. The number of nitrogens with zero attached hydrogens (tertiary/aromatic N) is 1. The van der Waals surface area contributed by atoms with E-state index in [2.05, 4.69) is 15.9 Å². The first kappa shape index (κ1) is 16.8. The van der Waals surface area contributed by atoms with Gasteiger partial charge < -0.3 is 15.2 Å². The standard InChI is InChI=1S/C15H13BrN2O5/c16-11-2-1-3-12(9-11)22-6-7-23-15(19)10-4-5-13(17)14(8-10)18(20)21/h1-5,8-9H,6-7,17H2. The van der Waals surface area contributed by atoms with Crippen LogP contribution < -0.4 is 10.5 Å². The van der Waals surface area contributed by atoms with Crippen molar-refractivity contribution in [2.24, 2.45) is 0 Å². The summed E-state index contributed by atoms with van der Waals surface area (Å²) in [5.74, 6) is -0.0375. The zero-order chi connectivity index (χ0) is 16.8. The van der Waals surface area contributed by atoms with Gasteiger partial charge in [-0.2, -0.15) is 0 Å². The summed E-state index contributed by atoms with van der Waals surface area (Å²) in [6, 6.07) is 11.0. The zero-order valence-corrected chi connectivity index (χ0v) is 13.5. The normalized spacial score (nSPS) is 10.1. The number of halogens is 1. The highest BCUT2D eigenvalue weighted by Gasteiger charge is 2.16. The van der Waals surface area contributed by atoms with Crippen molar-refractivity contribution >= 4 is 33.3 Å². The quantitative estimate of drug-likeness (QED) is 0.271. The van der Waals surface area contributed by atoms with E-state index in [1.54, 1.807) is 12.1 Å². The molecule has 0 saturated heterocycles. The number of carbonyl (C=O) groups excluding carboxylic acids is 1. The summed E-state index contributed by atoms with van der Waals surface area (Å²) in [7, 11) is 0. The number of nitro groups is 1. The lowest BCUT2D eigenvalue weighted by Gasteiger charge is -2.08. The highest BCUT2D eigenvalue weighted by Crippen LogP contribution is 2.22. The first-order valence-corrected chi connectivity index (χ1v) is 7.36. The monoisotopic (exact) mass is 380 g/mol. The summed E-state index contributed by atoms with van der Waals surface area (Å²) in [4.78, 5) is 22.0. The number of hydrogen-bond acceptors (Lipinski definition) is 6. The fourth-order valence-electron chi connectivity index (χ4n) is 1.76. The van der Waals surface area contributed by atoms with Gasteiger partial charge in [-0.3, -0.25) is 10.1 Å². The van der Waals surface area contributed by atoms with Crippen LogP contribution in [0.15, 0.2) is 46.9 Å². The van der Waals surface area contributed by atoms with E-state index in [1.807, 2.05) is 12.1 Å². The summed E-state index contributed by atoms with van der Waals surface area (Å²) in [6.07, 6.45) is 0. The van der Waals surface area contributed by atoms with E-state index < -0.39 is 10.9 Å². The lowest BCUT2D eigenvalue weighted by atomic mass is 10.2. The molecule has 2 rings (SSSR count).